The van der Waals surface area contributed by atoms with Crippen LogP contribution in [0.5, 0.6) is 0 Å². The number of hydrogen-bond acceptors (Lipinski definition) is 4. The number of carbonyl (C=O) groups excluding carboxylic acids is 2. The summed E-state index contributed by atoms with van der Waals surface area (Å²) in [5, 5.41) is 10.2. The van der Waals surface area contributed by atoms with Crippen molar-refractivity contribution in [2.24, 2.45) is 5.10 Å². The van der Waals surface area contributed by atoms with E-state index in [1.807, 2.05) is 12.1 Å². The van der Waals surface area contributed by atoms with E-state index < -0.39 is 11.8 Å². The first-order chi connectivity index (χ1) is 15.9. The molecule has 0 fully saturated rings. The number of benzene rings is 3. The molecule has 7 nitrogen and oxygen atoms in total. The number of H-pyrrole nitrogens is 1. The van der Waals surface area contributed by atoms with Crippen molar-refractivity contribution < 1.29 is 9.59 Å². The molecule has 0 saturated carbocycles. The Bertz CT molecular complexity index is 1550. The van der Waals surface area contributed by atoms with Gasteiger partial charge in [0.1, 0.15) is 0 Å². The maximum absolute atomic E-state index is 13.2. The molecule has 8 heteroatoms. The van der Waals surface area contributed by atoms with Gasteiger partial charge in [-0.1, -0.05) is 29.8 Å². The molecular weight excluding hydrogens is 440 g/mol. The minimum Gasteiger partial charge on any atom is -0.295 e. The summed E-state index contributed by atoms with van der Waals surface area (Å²) in [6.07, 6.45) is 3.07. The lowest BCUT2D eigenvalue weighted by Gasteiger charge is -2.23. The van der Waals surface area contributed by atoms with Gasteiger partial charge in [0.2, 0.25) is 0 Å². The molecular formula is C25H17ClN4O3. The van der Waals surface area contributed by atoms with Gasteiger partial charge >= 0.3 is 0 Å². The van der Waals surface area contributed by atoms with Crippen LogP contribution in [-0.2, 0) is 12.8 Å². The molecule has 162 valence electrons. The van der Waals surface area contributed by atoms with Crippen LogP contribution in [0.4, 0.5) is 0 Å². The molecule has 2 heterocycles. The molecule has 0 saturated heterocycles. The number of hydrogen-bond donors (Lipinski definition) is 1. The number of rotatable bonds is 3. The fourth-order valence-corrected chi connectivity index (χ4v) is 4.92. The lowest BCUT2D eigenvalue weighted by atomic mass is 9.92. The summed E-state index contributed by atoms with van der Waals surface area (Å²) in [5.74, 6) is -0.995. The normalized spacial score (nSPS) is 14.8. The SMILES string of the molecule is Cc1[nH]n(-c2cccc(Cl)c2)c(=O)c1/C=N/N1C(=O)c2ccc3c4c(ccc(c24)C1=O)CC3. The van der Waals surface area contributed by atoms with E-state index in [1.54, 1.807) is 43.3 Å². The minimum atomic E-state index is -0.497. The van der Waals surface area contributed by atoms with E-state index in [0.717, 1.165) is 34.4 Å². The maximum Gasteiger partial charge on any atom is 0.282 e. The van der Waals surface area contributed by atoms with Gasteiger partial charge in [0.25, 0.3) is 17.4 Å². The van der Waals surface area contributed by atoms with Crippen molar-refractivity contribution in [2.45, 2.75) is 19.8 Å². The molecule has 0 bridgehead atoms. The third-order valence-electron chi connectivity index (χ3n) is 6.33. The third-order valence-corrected chi connectivity index (χ3v) is 6.56. The average Bonchev–Trinajstić information content (AvgIpc) is 3.35. The minimum absolute atomic E-state index is 0.245. The van der Waals surface area contributed by atoms with Gasteiger partial charge in [-0.25, -0.2) is 4.68 Å². The number of aromatic amines is 1. The Morgan fingerprint density at radius 2 is 1.61 bits per heavy atom. The third kappa shape index (κ3) is 2.82. The summed E-state index contributed by atoms with van der Waals surface area (Å²) in [5.41, 5.74) is 4.22. The van der Waals surface area contributed by atoms with E-state index in [1.165, 1.54) is 10.9 Å². The van der Waals surface area contributed by atoms with Crippen LogP contribution >= 0.6 is 11.6 Å². The van der Waals surface area contributed by atoms with Gasteiger partial charge in [0.05, 0.1) is 28.6 Å². The largest absolute Gasteiger partial charge is 0.295 e. The zero-order valence-electron chi connectivity index (χ0n) is 17.6. The van der Waals surface area contributed by atoms with Crippen LogP contribution in [0.15, 0.2) is 58.4 Å². The first-order valence-electron chi connectivity index (χ1n) is 10.5. The number of carbonyl (C=O) groups is 2. The van der Waals surface area contributed by atoms with Crippen molar-refractivity contribution in [2.75, 3.05) is 0 Å². The van der Waals surface area contributed by atoms with Gasteiger partial charge in [0.15, 0.2) is 0 Å². The number of hydrazone groups is 1. The maximum atomic E-state index is 13.2. The van der Waals surface area contributed by atoms with Crippen LogP contribution in [0.3, 0.4) is 0 Å². The van der Waals surface area contributed by atoms with Crippen molar-refractivity contribution in [3.05, 3.63) is 97.4 Å². The molecule has 4 aromatic rings. The lowest BCUT2D eigenvalue weighted by molar-refractivity contribution is 0.0616. The fraction of sp³-hybridized carbons (Fsp3) is 0.120. The summed E-state index contributed by atoms with van der Waals surface area (Å²) in [6.45, 7) is 1.72. The highest BCUT2D eigenvalue weighted by molar-refractivity contribution is 6.30. The Morgan fingerprint density at radius 1 is 0.939 bits per heavy atom. The van der Waals surface area contributed by atoms with Crippen molar-refractivity contribution in [3.63, 3.8) is 0 Å². The number of imide groups is 1. The summed E-state index contributed by atoms with van der Waals surface area (Å²) in [7, 11) is 0. The lowest BCUT2D eigenvalue weighted by Crippen LogP contribution is -2.36. The summed E-state index contributed by atoms with van der Waals surface area (Å²) in [4.78, 5) is 39.4. The van der Waals surface area contributed by atoms with Gasteiger partial charge in [-0.15, -0.1) is 0 Å². The van der Waals surface area contributed by atoms with Crippen LogP contribution in [0.2, 0.25) is 5.02 Å². The Balaban J connectivity index is 1.41. The zero-order chi connectivity index (χ0) is 22.9. The van der Waals surface area contributed by atoms with Gasteiger partial charge in [0, 0.05) is 16.1 Å². The molecule has 0 radical (unpaired) electrons. The first-order valence-corrected chi connectivity index (χ1v) is 10.9. The molecule has 2 aliphatic rings. The quantitative estimate of drug-likeness (QED) is 0.373. The predicted molar refractivity (Wildman–Crippen MR) is 126 cm³/mol. The van der Waals surface area contributed by atoms with Crippen LogP contribution < -0.4 is 5.56 Å². The Morgan fingerprint density at radius 3 is 2.24 bits per heavy atom. The van der Waals surface area contributed by atoms with Crippen molar-refractivity contribution in [3.8, 4) is 5.69 Å². The van der Waals surface area contributed by atoms with Crippen LogP contribution in [0, 0.1) is 6.92 Å². The molecule has 1 N–H and O–H groups in total. The van der Waals surface area contributed by atoms with Crippen LogP contribution in [-0.4, -0.2) is 32.8 Å². The second-order valence-electron chi connectivity index (χ2n) is 8.23. The van der Waals surface area contributed by atoms with E-state index in [0.29, 0.717) is 32.9 Å². The van der Waals surface area contributed by atoms with E-state index in [9.17, 15) is 14.4 Å². The summed E-state index contributed by atoms with van der Waals surface area (Å²) >= 11 is 6.05. The standard InChI is InChI=1S/C25H17ClN4O3/c1-13-20(25(33)29(28-13)17-4-2-3-16(26)11-17)12-27-30-23(31)18-9-7-14-5-6-15-8-10-19(24(30)32)22(18)21(14)15/h2-4,7-12,28H,5-6H2,1H3/b27-12+. The molecule has 2 amide bonds. The highest BCUT2D eigenvalue weighted by atomic mass is 35.5. The van der Waals surface area contributed by atoms with E-state index in [-0.39, 0.29) is 11.1 Å². The molecule has 1 aliphatic carbocycles. The fourth-order valence-electron chi connectivity index (χ4n) is 4.73. The molecule has 1 aliphatic heterocycles. The molecule has 6 rings (SSSR count). The Labute approximate surface area is 192 Å². The predicted octanol–water partition coefficient (Wildman–Crippen LogP) is 4.01. The Kier molecular flexibility index (Phi) is 4.19. The van der Waals surface area contributed by atoms with Crippen LogP contribution in [0.25, 0.3) is 16.5 Å². The highest BCUT2D eigenvalue weighted by Gasteiger charge is 2.35. The molecule has 0 spiro atoms. The van der Waals surface area contributed by atoms with E-state index >= 15 is 0 Å². The van der Waals surface area contributed by atoms with Crippen molar-refractivity contribution in [1.29, 1.82) is 0 Å². The summed E-state index contributed by atoms with van der Waals surface area (Å²) in [6, 6.07) is 14.3. The monoisotopic (exact) mass is 456 g/mol. The molecule has 0 atom stereocenters. The molecule has 1 aromatic heterocycles. The topological polar surface area (TPSA) is 87.5 Å². The number of nitrogens with zero attached hydrogens (tertiary/aromatic N) is 3. The smallest absolute Gasteiger partial charge is 0.282 e. The zero-order valence-corrected chi connectivity index (χ0v) is 18.3. The number of aryl methyl sites for hydroxylation is 3. The summed E-state index contributed by atoms with van der Waals surface area (Å²) < 4.78 is 1.34. The number of nitrogens with one attached hydrogen (secondary N) is 1. The first kappa shape index (κ1) is 19.7. The second kappa shape index (κ2) is 7.02. The van der Waals surface area contributed by atoms with Crippen molar-refractivity contribution in [1.82, 2.24) is 14.8 Å². The molecule has 3 aromatic carbocycles. The number of halogens is 1. The molecule has 33 heavy (non-hydrogen) atoms. The van der Waals surface area contributed by atoms with Gasteiger partial charge in [-0.2, -0.15) is 10.1 Å². The second-order valence-corrected chi connectivity index (χ2v) is 8.67. The highest BCUT2D eigenvalue weighted by Crippen LogP contribution is 2.38. The van der Waals surface area contributed by atoms with Gasteiger partial charge < -0.3 is 0 Å². The van der Waals surface area contributed by atoms with Crippen LogP contribution in [0.1, 0.15) is 43.1 Å². The van der Waals surface area contributed by atoms with E-state index in [4.69, 9.17) is 11.6 Å². The molecule has 0 unspecified atom stereocenters. The average molecular weight is 457 g/mol. The Hall–Kier alpha value is -3.97. The van der Waals surface area contributed by atoms with Gasteiger partial charge in [-0.3, -0.25) is 19.5 Å². The number of amides is 2. The number of aromatic nitrogens is 2. The van der Waals surface area contributed by atoms with E-state index in [2.05, 4.69) is 10.2 Å². The van der Waals surface area contributed by atoms with Crippen molar-refractivity contribution >= 4 is 40.4 Å². The van der Waals surface area contributed by atoms with Gasteiger partial charge in [-0.05, 0) is 66.6 Å².